The highest BCUT2D eigenvalue weighted by molar-refractivity contribution is 9.10. The molecule has 0 spiro atoms. The molecule has 9 heteroatoms. The maximum Gasteiger partial charge on any atom is 0.167 e. The molecule has 2 aromatic heterocycles. The van der Waals surface area contributed by atoms with E-state index in [-0.39, 0.29) is 5.75 Å². The summed E-state index contributed by atoms with van der Waals surface area (Å²) in [5.41, 5.74) is 2.43. The van der Waals surface area contributed by atoms with Crippen LogP contribution in [0.3, 0.4) is 0 Å². The highest BCUT2D eigenvalue weighted by Gasteiger charge is 2.12. The van der Waals surface area contributed by atoms with Crippen LogP contribution in [0, 0.1) is 0 Å². The Kier molecular flexibility index (Phi) is 6.55. The molecule has 0 atom stereocenters. The van der Waals surface area contributed by atoms with Crippen LogP contribution < -0.4 is 10.1 Å². The van der Waals surface area contributed by atoms with E-state index in [0.29, 0.717) is 29.2 Å². The summed E-state index contributed by atoms with van der Waals surface area (Å²) in [6.45, 7) is 0.438. The molecule has 0 radical (unpaired) electrons. The van der Waals surface area contributed by atoms with Gasteiger partial charge in [-0.15, -0.1) is 0 Å². The minimum Gasteiger partial charge on any atom is -0.508 e. The molecule has 168 valence electrons. The number of hydrogen-bond donors (Lipinski definition) is 2. The lowest BCUT2D eigenvalue weighted by molar-refractivity contribution is 0.306. The molecular formula is C25H18BrN5O2S. The zero-order valence-corrected chi connectivity index (χ0v) is 20.1. The Balaban J connectivity index is 1.47. The number of phenolic OH excluding ortho intramolecular Hbond substituents is 1. The van der Waals surface area contributed by atoms with Gasteiger partial charge in [-0.3, -0.25) is 0 Å². The first-order valence-electron chi connectivity index (χ1n) is 10.3. The van der Waals surface area contributed by atoms with Crippen molar-refractivity contribution in [3.63, 3.8) is 0 Å². The first-order chi connectivity index (χ1) is 16.6. The number of halogens is 1. The van der Waals surface area contributed by atoms with E-state index in [2.05, 4.69) is 41.2 Å². The van der Waals surface area contributed by atoms with Gasteiger partial charge in [-0.05, 0) is 54.1 Å². The van der Waals surface area contributed by atoms with Crippen LogP contribution in [0.4, 0.5) is 11.5 Å². The molecule has 0 fully saturated rings. The van der Waals surface area contributed by atoms with E-state index in [0.717, 1.165) is 25.5 Å². The predicted molar refractivity (Wildman–Crippen MR) is 136 cm³/mol. The lowest BCUT2D eigenvalue weighted by Gasteiger charge is -2.15. The van der Waals surface area contributed by atoms with E-state index >= 15 is 0 Å². The van der Waals surface area contributed by atoms with Crippen molar-refractivity contribution in [1.29, 1.82) is 0 Å². The van der Waals surface area contributed by atoms with Crippen LogP contribution in [-0.2, 0) is 6.61 Å². The second-order valence-electron chi connectivity index (χ2n) is 7.28. The van der Waals surface area contributed by atoms with Gasteiger partial charge in [0.05, 0.1) is 11.1 Å². The van der Waals surface area contributed by atoms with Gasteiger partial charge < -0.3 is 15.2 Å². The molecule has 0 aliphatic heterocycles. The third-order valence-electron chi connectivity index (χ3n) is 4.88. The molecule has 0 unspecified atom stereocenters. The Hall–Kier alpha value is -3.69. The summed E-state index contributed by atoms with van der Waals surface area (Å²) in [4.78, 5) is 18.9. The summed E-state index contributed by atoms with van der Waals surface area (Å²) in [5, 5.41) is 13.7. The van der Waals surface area contributed by atoms with Crippen molar-refractivity contribution < 1.29 is 9.84 Å². The van der Waals surface area contributed by atoms with Gasteiger partial charge in [0.15, 0.2) is 5.65 Å². The van der Waals surface area contributed by atoms with Gasteiger partial charge in [-0.2, -0.15) is 0 Å². The number of anilines is 2. The number of aromatic nitrogens is 4. The standard InChI is InChI=1S/C25H18BrN5O2S/c26-17-3-1-2-16(10-17)13-33-19-6-9-23(34-20-7-4-18(32)5-8-20)22(11-19)31-25-21-12-27-14-28-24(21)29-15-30-25/h1-12,14-15,32H,13H2,(H,27,28,29,30,31). The van der Waals surface area contributed by atoms with Crippen LogP contribution in [0.5, 0.6) is 11.5 Å². The first kappa shape index (κ1) is 22.1. The molecule has 2 N–H and O–H groups in total. The SMILES string of the molecule is Oc1ccc(Sc2ccc(OCc3cccc(Br)c3)cc2Nc2ncnc3ncncc23)cc1. The van der Waals surface area contributed by atoms with E-state index in [1.807, 2.05) is 54.6 Å². The minimum absolute atomic E-state index is 0.228. The van der Waals surface area contributed by atoms with E-state index in [4.69, 9.17) is 4.74 Å². The Morgan fingerprint density at radius 1 is 0.941 bits per heavy atom. The number of ether oxygens (including phenoxy) is 1. The summed E-state index contributed by atoms with van der Waals surface area (Å²) in [6, 6.07) is 21.0. The number of rotatable bonds is 7. The third-order valence-corrected chi connectivity index (χ3v) is 6.45. The maximum absolute atomic E-state index is 9.61. The number of phenols is 1. The highest BCUT2D eigenvalue weighted by Crippen LogP contribution is 2.38. The fraction of sp³-hybridized carbons (Fsp3) is 0.0400. The quantitative estimate of drug-likeness (QED) is 0.250. The Morgan fingerprint density at radius 3 is 2.65 bits per heavy atom. The second-order valence-corrected chi connectivity index (χ2v) is 9.31. The molecule has 0 amide bonds. The zero-order chi connectivity index (χ0) is 23.3. The number of nitrogens with zero attached hydrogens (tertiary/aromatic N) is 4. The maximum atomic E-state index is 9.61. The molecule has 34 heavy (non-hydrogen) atoms. The van der Waals surface area contributed by atoms with E-state index in [1.165, 1.54) is 12.7 Å². The monoisotopic (exact) mass is 531 g/mol. The lowest BCUT2D eigenvalue weighted by Crippen LogP contribution is -2.00. The molecule has 0 saturated heterocycles. The molecule has 2 heterocycles. The van der Waals surface area contributed by atoms with Crippen molar-refractivity contribution in [3.05, 3.63) is 95.6 Å². The average molecular weight is 532 g/mol. The van der Waals surface area contributed by atoms with Crippen molar-refractivity contribution >= 4 is 50.2 Å². The summed E-state index contributed by atoms with van der Waals surface area (Å²) in [6.07, 6.45) is 4.62. The number of aromatic hydroxyl groups is 1. The Morgan fingerprint density at radius 2 is 1.79 bits per heavy atom. The zero-order valence-electron chi connectivity index (χ0n) is 17.7. The molecular weight excluding hydrogens is 514 g/mol. The number of nitrogens with one attached hydrogen (secondary N) is 1. The van der Waals surface area contributed by atoms with Crippen molar-refractivity contribution in [1.82, 2.24) is 19.9 Å². The van der Waals surface area contributed by atoms with Gasteiger partial charge in [0.25, 0.3) is 0 Å². The number of hydrogen-bond acceptors (Lipinski definition) is 8. The van der Waals surface area contributed by atoms with Crippen molar-refractivity contribution in [3.8, 4) is 11.5 Å². The summed E-state index contributed by atoms with van der Waals surface area (Å²) in [5.74, 6) is 1.54. The topological polar surface area (TPSA) is 93.1 Å². The lowest BCUT2D eigenvalue weighted by atomic mass is 10.2. The Bertz CT molecular complexity index is 1440. The Labute approximate surface area is 208 Å². The molecule has 0 saturated carbocycles. The second kappa shape index (κ2) is 10.1. The first-order valence-corrected chi connectivity index (χ1v) is 11.9. The van der Waals surface area contributed by atoms with Crippen LogP contribution in [0.2, 0.25) is 0 Å². The number of benzene rings is 3. The fourth-order valence-electron chi connectivity index (χ4n) is 3.25. The van der Waals surface area contributed by atoms with Crippen LogP contribution >= 0.6 is 27.7 Å². The molecule has 7 nitrogen and oxygen atoms in total. The van der Waals surface area contributed by atoms with Crippen LogP contribution in [-0.4, -0.2) is 25.0 Å². The predicted octanol–water partition coefficient (Wildman–Crippen LogP) is 6.36. The fourth-order valence-corrected chi connectivity index (χ4v) is 4.58. The van der Waals surface area contributed by atoms with E-state index in [9.17, 15) is 5.11 Å². The van der Waals surface area contributed by atoms with Gasteiger partial charge in [0.2, 0.25) is 0 Å². The van der Waals surface area contributed by atoms with Gasteiger partial charge in [0, 0.05) is 26.5 Å². The minimum atomic E-state index is 0.228. The molecule has 3 aromatic carbocycles. The highest BCUT2D eigenvalue weighted by atomic mass is 79.9. The van der Waals surface area contributed by atoms with Gasteiger partial charge in [-0.1, -0.05) is 39.8 Å². The van der Waals surface area contributed by atoms with Crippen LogP contribution in [0.15, 0.2) is 99.8 Å². The van der Waals surface area contributed by atoms with Gasteiger partial charge in [0.1, 0.15) is 36.6 Å². The molecule has 5 rings (SSSR count). The summed E-state index contributed by atoms with van der Waals surface area (Å²) in [7, 11) is 0. The van der Waals surface area contributed by atoms with Gasteiger partial charge in [-0.25, -0.2) is 19.9 Å². The van der Waals surface area contributed by atoms with Crippen molar-refractivity contribution in [2.45, 2.75) is 16.4 Å². The summed E-state index contributed by atoms with van der Waals surface area (Å²) >= 11 is 5.06. The normalized spacial score (nSPS) is 10.9. The van der Waals surface area contributed by atoms with Gasteiger partial charge >= 0.3 is 0 Å². The average Bonchev–Trinajstić information content (AvgIpc) is 2.86. The molecule has 0 bridgehead atoms. The smallest absolute Gasteiger partial charge is 0.167 e. The summed E-state index contributed by atoms with van der Waals surface area (Å²) < 4.78 is 7.08. The van der Waals surface area contributed by atoms with Crippen molar-refractivity contribution in [2.75, 3.05) is 5.32 Å². The third kappa shape index (κ3) is 5.27. The van der Waals surface area contributed by atoms with Crippen LogP contribution in [0.1, 0.15) is 5.56 Å². The molecule has 0 aliphatic carbocycles. The largest absolute Gasteiger partial charge is 0.508 e. The van der Waals surface area contributed by atoms with E-state index < -0.39 is 0 Å². The molecule has 0 aliphatic rings. The van der Waals surface area contributed by atoms with Crippen molar-refractivity contribution in [2.24, 2.45) is 0 Å². The van der Waals surface area contributed by atoms with E-state index in [1.54, 1.807) is 30.1 Å². The number of fused-ring (bicyclic) bond motifs is 1. The molecule has 5 aromatic rings. The van der Waals surface area contributed by atoms with Crippen LogP contribution in [0.25, 0.3) is 11.0 Å².